The first-order valence-corrected chi connectivity index (χ1v) is 7.22. The third-order valence-corrected chi connectivity index (χ3v) is 3.59. The van der Waals surface area contributed by atoms with Crippen LogP contribution in [0, 0.1) is 19.8 Å². The van der Waals surface area contributed by atoms with E-state index >= 15 is 0 Å². The van der Waals surface area contributed by atoms with Gasteiger partial charge in [-0.3, -0.25) is 0 Å². The summed E-state index contributed by atoms with van der Waals surface area (Å²) in [4.78, 5) is 0. The first-order chi connectivity index (χ1) is 9.20. The van der Waals surface area contributed by atoms with E-state index in [4.69, 9.17) is 9.47 Å². The molecule has 3 heteroatoms. The third-order valence-electron chi connectivity index (χ3n) is 3.59. The number of ether oxygens (including phenoxy) is 2. The molecule has 2 rings (SSSR count). The Labute approximate surface area is 116 Å². The number of nitrogens with one attached hydrogen (secondary N) is 1. The highest BCUT2D eigenvalue weighted by molar-refractivity contribution is 5.43. The van der Waals surface area contributed by atoms with Crippen LogP contribution in [0.15, 0.2) is 12.1 Å². The minimum Gasteiger partial charge on any atom is -0.493 e. The molecule has 3 nitrogen and oxygen atoms in total. The molecule has 0 spiro atoms. The lowest BCUT2D eigenvalue weighted by atomic mass is 10.1. The van der Waals surface area contributed by atoms with E-state index in [-0.39, 0.29) is 0 Å². The first-order valence-electron chi connectivity index (χ1n) is 7.22. The Balaban J connectivity index is 1.99. The lowest BCUT2D eigenvalue weighted by molar-refractivity contribution is 0.166. The van der Waals surface area contributed by atoms with Crippen molar-refractivity contribution in [3.05, 3.63) is 28.8 Å². The van der Waals surface area contributed by atoms with E-state index in [0.29, 0.717) is 5.92 Å². The predicted octanol–water partition coefficient (Wildman–Crippen LogP) is 2.83. The molecule has 1 fully saturated rings. The molecule has 0 amide bonds. The summed E-state index contributed by atoms with van der Waals surface area (Å²) in [5.74, 6) is 1.60. The zero-order valence-corrected chi connectivity index (χ0v) is 12.3. The summed E-state index contributed by atoms with van der Waals surface area (Å²) in [6, 6.07) is 4.44. The Morgan fingerprint density at radius 2 is 2.05 bits per heavy atom. The van der Waals surface area contributed by atoms with Crippen LogP contribution in [-0.4, -0.2) is 26.4 Å². The van der Waals surface area contributed by atoms with E-state index < -0.39 is 0 Å². The van der Waals surface area contributed by atoms with Gasteiger partial charge in [-0.25, -0.2) is 0 Å². The van der Waals surface area contributed by atoms with Crippen LogP contribution in [0.5, 0.6) is 5.75 Å². The second kappa shape index (κ2) is 6.92. The van der Waals surface area contributed by atoms with Crippen LogP contribution >= 0.6 is 0 Å². The van der Waals surface area contributed by atoms with Crippen LogP contribution in [0.1, 0.15) is 30.0 Å². The van der Waals surface area contributed by atoms with E-state index in [9.17, 15) is 0 Å². The highest BCUT2D eigenvalue weighted by Gasteiger charge is 2.17. The third kappa shape index (κ3) is 3.95. The molecule has 1 N–H and O–H groups in total. The Hall–Kier alpha value is -1.06. The summed E-state index contributed by atoms with van der Waals surface area (Å²) < 4.78 is 11.4. The molecular weight excluding hydrogens is 238 g/mol. The molecule has 1 atom stereocenters. The highest BCUT2D eigenvalue weighted by Crippen LogP contribution is 2.26. The van der Waals surface area contributed by atoms with Gasteiger partial charge < -0.3 is 14.8 Å². The van der Waals surface area contributed by atoms with E-state index in [0.717, 1.165) is 45.1 Å². The molecular formula is C16H25NO2. The molecule has 1 aliphatic rings. The van der Waals surface area contributed by atoms with E-state index in [1.165, 1.54) is 16.7 Å². The minimum atomic E-state index is 0.556. The second-order valence-corrected chi connectivity index (χ2v) is 5.38. The number of hydrogen-bond donors (Lipinski definition) is 1. The van der Waals surface area contributed by atoms with Crippen molar-refractivity contribution < 1.29 is 9.47 Å². The van der Waals surface area contributed by atoms with Gasteiger partial charge in [-0.05, 0) is 43.5 Å². The van der Waals surface area contributed by atoms with Crippen LogP contribution in [0.25, 0.3) is 0 Å². The quantitative estimate of drug-likeness (QED) is 0.856. The molecule has 1 saturated heterocycles. The second-order valence-electron chi connectivity index (χ2n) is 5.38. The van der Waals surface area contributed by atoms with E-state index in [1.54, 1.807) is 0 Å². The van der Waals surface area contributed by atoms with Gasteiger partial charge in [-0.1, -0.05) is 19.1 Å². The fourth-order valence-electron chi connectivity index (χ4n) is 2.55. The van der Waals surface area contributed by atoms with Crippen LogP contribution in [-0.2, 0) is 11.3 Å². The van der Waals surface area contributed by atoms with Crippen LogP contribution in [0.4, 0.5) is 0 Å². The first kappa shape index (κ1) is 14.4. The monoisotopic (exact) mass is 263 g/mol. The summed E-state index contributed by atoms with van der Waals surface area (Å²) in [6.07, 6.45) is 1.12. The van der Waals surface area contributed by atoms with Crippen molar-refractivity contribution in [2.24, 2.45) is 5.92 Å². The van der Waals surface area contributed by atoms with E-state index in [2.05, 4.69) is 38.2 Å². The molecule has 0 aromatic heterocycles. The zero-order valence-electron chi connectivity index (χ0n) is 12.3. The fraction of sp³-hybridized carbons (Fsp3) is 0.625. The van der Waals surface area contributed by atoms with Gasteiger partial charge in [0, 0.05) is 19.1 Å². The predicted molar refractivity (Wildman–Crippen MR) is 77.7 cm³/mol. The molecule has 0 bridgehead atoms. The summed E-state index contributed by atoms with van der Waals surface area (Å²) in [5.41, 5.74) is 3.78. The molecule has 19 heavy (non-hydrogen) atoms. The average Bonchev–Trinajstić information content (AvgIpc) is 2.88. The maximum atomic E-state index is 6.01. The highest BCUT2D eigenvalue weighted by atomic mass is 16.5. The number of hydrogen-bond acceptors (Lipinski definition) is 3. The van der Waals surface area contributed by atoms with Crippen molar-refractivity contribution in [1.82, 2.24) is 5.32 Å². The van der Waals surface area contributed by atoms with Gasteiger partial charge in [0.05, 0.1) is 13.2 Å². The molecule has 1 unspecified atom stereocenters. The number of rotatable bonds is 6. The lowest BCUT2D eigenvalue weighted by Gasteiger charge is -2.16. The molecule has 0 radical (unpaired) electrons. The maximum absolute atomic E-state index is 6.01. The standard InChI is InChI=1S/C16H25NO2/c1-4-17-9-15-7-12(2)16(13(3)8-15)19-11-14-5-6-18-10-14/h7-8,14,17H,4-6,9-11H2,1-3H3. The summed E-state index contributed by atoms with van der Waals surface area (Å²) in [5, 5.41) is 3.36. The van der Waals surface area contributed by atoms with Crippen molar-refractivity contribution >= 4 is 0 Å². The molecule has 1 aromatic rings. The van der Waals surface area contributed by atoms with Gasteiger partial charge in [0.1, 0.15) is 5.75 Å². The Morgan fingerprint density at radius 3 is 2.63 bits per heavy atom. The summed E-state index contributed by atoms with van der Waals surface area (Å²) >= 11 is 0. The Bertz CT molecular complexity index is 388. The number of benzene rings is 1. The molecule has 0 saturated carbocycles. The van der Waals surface area contributed by atoms with Gasteiger partial charge in [0.25, 0.3) is 0 Å². The Morgan fingerprint density at radius 1 is 1.32 bits per heavy atom. The van der Waals surface area contributed by atoms with Gasteiger partial charge >= 0.3 is 0 Å². The SMILES string of the molecule is CCNCc1cc(C)c(OCC2CCOC2)c(C)c1. The van der Waals surface area contributed by atoms with Gasteiger partial charge in [0.2, 0.25) is 0 Å². The van der Waals surface area contributed by atoms with Crippen molar-refractivity contribution in [1.29, 1.82) is 0 Å². The maximum Gasteiger partial charge on any atom is 0.125 e. The Kier molecular flexibility index (Phi) is 5.23. The number of aryl methyl sites for hydroxylation is 2. The fourth-order valence-corrected chi connectivity index (χ4v) is 2.55. The van der Waals surface area contributed by atoms with Gasteiger partial charge in [-0.2, -0.15) is 0 Å². The van der Waals surface area contributed by atoms with Crippen molar-refractivity contribution in [2.45, 2.75) is 33.7 Å². The van der Waals surface area contributed by atoms with Crippen molar-refractivity contribution in [3.63, 3.8) is 0 Å². The van der Waals surface area contributed by atoms with Gasteiger partial charge in [-0.15, -0.1) is 0 Å². The summed E-state index contributed by atoms with van der Waals surface area (Å²) in [6.45, 7) is 10.8. The summed E-state index contributed by atoms with van der Waals surface area (Å²) in [7, 11) is 0. The van der Waals surface area contributed by atoms with Crippen molar-refractivity contribution in [2.75, 3.05) is 26.4 Å². The topological polar surface area (TPSA) is 30.5 Å². The molecule has 0 aliphatic carbocycles. The van der Waals surface area contributed by atoms with Crippen LogP contribution in [0.3, 0.4) is 0 Å². The smallest absolute Gasteiger partial charge is 0.125 e. The van der Waals surface area contributed by atoms with Crippen molar-refractivity contribution in [3.8, 4) is 5.75 Å². The largest absolute Gasteiger partial charge is 0.493 e. The average molecular weight is 263 g/mol. The molecule has 1 aliphatic heterocycles. The van der Waals surface area contributed by atoms with E-state index in [1.807, 2.05) is 0 Å². The van der Waals surface area contributed by atoms with Gasteiger partial charge in [0.15, 0.2) is 0 Å². The minimum absolute atomic E-state index is 0.556. The molecule has 1 heterocycles. The zero-order chi connectivity index (χ0) is 13.7. The van der Waals surface area contributed by atoms with Crippen LogP contribution < -0.4 is 10.1 Å². The normalized spacial score (nSPS) is 18.8. The van der Waals surface area contributed by atoms with Crippen LogP contribution in [0.2, 0.25) is 0 Å². The lowest BCUT2D eigenvalue weighted by Crippen LogP contribution is -2.14. The molecule has 1 aromatic carbocycles. The molecule has 106 valence electrons.